The number of nitrogens with one attached hydrogen (secondary N) is 2. The number of urea groups is 1. The third kappa shape index (κ3) is 3.44. The molecule has 0 aliphatic rings. The van der Waals surface area contributed by atoms with Crippen molar-refractivity contribution in [1.29, 1.82) is 0 Å². The minimum atomic E-state index is -0.382. The van der Waals surface area contributed by atoms with Crippen LogP contribution in [-0.2, 0) is 0 Å². The van der Waals surface area contributed by atoms with Gasteiger partial charge >= 0.3 is 6.03 Å². The van der Waals surface area contributed by atoms with Crippen LogP contribution in [0.2, 0.25) is 0 Å². The fourth-order valence-corrected chi connectivity index (χ4v) is 2.93. The SMILES string of the molecule is O=C(Nc1ccccc1)NC(c1ccccc1)c1cc2ccccc2o1. The topological polar surface area (TPSA) is 54.3 Å². The Kier molecular flexibility index (Phi) is 4.39. The molecule has 0 bridgehead atoms. The lowest BCUT2D eigenvalue weighted by Gasteiger charge is -2.17. The molecule has 1 heterocycles. The second-order valence-corrected chi connectivity index (χ2v) is 5.99. The van der Waals surface area contributed by atoms with Crippen LogP contribution in [0.25, 0.3) is 11.0 Å². The Labute approximate surface area is 151 Å². The van der Waals surface area contributed by atoms with Crippen LogP contribution >= 0.6 is 0 Å². The molecule has 2 amide bonds. The summed E-state index contributed by atoms with van der Waals surface area (Å²) in [6, 6.07) is 28.3. The van der Waals surface area contributed by atoms with Crippen molar-refractivity contribution in [3.8, 4) is 0 Å². The number of fused-ring (bicyclic) bond motifs is 1. The van der Waals surface area contributed by atoms with Gasteiger partial charge in [-0.15, -0.1) is 0 Å². The molecule has 128 valence electrons. The number of amides is 2. The maximum absolute atomic E-state index is 12.5. The Morgan fingerprint density at radius 2 is 1.46 bits per heavy atom. The van der Waals surface area contributed by atoms with Crippen LogP contribution in [0, 0.1) is 0 Å². The van der Waals surface area contributed by atoms with Gasteiger partial charge in [-0.05, 0) is 29.8 Å². The van der Waals surface area contributed by atoms with E-state index < -0.39 is 0 Å². The Morgan fingerprint density at radius 1 is 0.808 bits per heavy atom. The second kappa shape index (κ2) is 7.15. The minimum absolute atomic E-state index is 0.287. The third-order valence-corrected chi connectivity index (χ3v) is 4.17. The fourth-order valence-electron chi connectivity index (χ4n) is 2.93. The van der Waals surface area contributed by atoms with Gasteiger partial charge in [-0.25, -0.2) is 4.79 Å². The molecule has 0 saturated heterocycles. The number of carbonyl (C=O) groups is 1. The van der Waals surface area contributed by atoms with Gasteiger partial charge in [0.25, 0.3) is 0 Å². The van der Waals surface area contributed by atoms with Gasteiger partial charge in [-0.2, -0.15) is 0 Å². The van der Waals surface area contributed by atoms with Gasteiger partial charge in [0, 0.05) is 11.1 Å². The Hall–Kier alpha value is -3.53. The van der Waals surface area contributed by atoms with Crippen LogP contribution in [0.5, 0.6) is 0 Å². The lowest BCUT2D eigenvalue weighted by atomic mass is 10.0. The average molecular weight is 342 g/mol. The molecule has 1 unspecified atom stereocenters. The van der Waals surface area contributed by atoms with E-state index in [2.05, 4.69) is 10.6 Å². The molecule has 4 aromatic rings. The highest BCUT2D eigenvalue weighted by atomic mass is 16.3. The summed E-state index contributed by atoms with van der Waals surface area (Å²) in [7, 11) is 0. The molecule has 0 saturated carbocycles. The van der Waals surface area contributed by atoms with Crippen LogP contribution in [0.1, 0.15) is 17.4 Å². The molecule has 0 aliphatic heterocycles. The van der Waals surface area contributed by atoms with Gasteiger partial charge in [-0.1, -0.05) is 66.7 Å². The van der Waals surface area contributed by atoms with E-state index in [0.29, 0.717) is 5.76 Å². The summed E-state index contributed by atoms with van der Waals surface area (Å²) >= 11 is 0. The molecular formula is C22H18N2O2. The summed E-state index contributed by atoms with van der Waals surface area (Å²) < 4.78 is 5.99. The number of rotatable bonds is 4. The molecule has 4 rings (SSSR count). The number of anilines is 1. The zero-order valence-corrected chi connectivity index (χ0v) is 14.1. The summed E-state index contributed by atoms with van der Waals surface area (Å²) in [5.74, 6) is 0.695. The van der Waals surface area contributed by atoms with Crippen molar-refractivity contribution >= 4 is 22.7 Å². The Bertz CT molecular complexity index is 977. The van der Waals surface area contributed by atoms with Crippen LogP contribution in [0.3, 0.4) is 0 Å². The smallest absolute Gasteiger partial charge is 0.320 e. The minimum Gasteiger partial charge on any atom is -0.459 e. The Morgan fingerprint density at radius 3 is 2.19 bits per heavy atom. The third-order valence-electron chi connectivity index (χ3n) is 4.17. The van der Waals surface area contributed by atoms with Gasteiger partial charge in [0.05, 0.1) is 0 Å². The molecule has 4 heteroatoms. The first-order valence-electron chi connectivity index (χ1n) is 8.45. The van der Waals surface area contributed by atoms with Crippen LogP contribution in [0.4, 0.5) is 10.5 Å². The van der Waals surface area contributed by atoms with Crippen molar-refractivity contribution in [2.75, 3.05) is 5.32 Å². The lowest BCUT2D eigenvalue weighted by Crippen LogP contribution is -2.33. The first kappa shape index (κ1) is 16.0. The highest BCUT2D eigenvalue weighted by Gasteiger charge is 2.20. The van der Waals surface area contributed by atoms with E-state index in [1.807, 2.05) is 91.0 Å². The van der Waals surface area contributed by atoms with Crippen LogP contribution < -0.4 is 10.6 Å². The highest BCUT2D eigenvalue weighted by molar-refractivity contribution is 5.89. The van der Waals surface area contributed by atoms with Crippen LogP contribution in [-0.4, -0.2) is 6.03 Å². The van der Waals surface area contributed by atoms with E-state index in [9.17, 15) is 4.79 Å². The van der Waals surface area contributed by atoms with E-state index in [4.69, 9.17) is 4.42 Å². The molecule has 1 aromatic heterocycles. The molecule has 3 aromatic carbocycles. The predicted molar refractivity (Wildman–Crippen MR) is 103 cm³/mol. The zero-order chi connectivity index (χ0) is 17.8. The number of hydrogen-bond donors (Lipinski definition) is 2. The number of hydrogen-bond acceptors (Lipinski definition) is 2. The first-order chi connectivity index (χ1) is 12.8. The Balaban J connectivity index is 1.64. The van der Waals surface area contributed by atoms with E-state index in [-0.39, 0.29) is 12.1 Å². The van der Waals surface area contributed by atoms with Crippen molar-refractivity contribution < 1.29 is 9.21 Å². The average Bonchev–Trinajstić information content (AvgIpc) is 3.11. The predicted octanol–water partition coefficient (Wildman–Crippen LogP) is 5.34. The number of carbonyl (C=O) groups excluding carboxylic acids is 1. The lowest BCUT2D eigenvalue weighted by molar-refractivity contribution is 0.249. The molecule has 1 atom stereocenters. The van der Waals surface area contributed by atoms with Gasteiger partial charge in [0.2, 0.25) is 0 Å². The summed E-state index contributed by atoms with van der Waals surface area (Å²) in [4.78, 5) is 12.5. The van der Waals surface area contributed by atoms with Crippen LogP contribution in [0.15, 0.2) is 95.4 Å². The standard InChI is InChI=1S/C22H18N2O2/c25-22(23-18-12-5-2-6-13-18)24-21(16-9-3-1-4-10-16)20-15-17-11-7-8-14-19(17)26-20/h1-15,21H,(H2,23,24,25). The summed E-state index contributed by atoms with van der Waals surface area (Å²) in [6.45, 7) is 0. The molecule has 0 radical (unpaired) electrons. The zero-order valence-electron chi connectivity index (χ0n) is 14.1. The second-order valence-electron chi connectivity index (χ2n) is 5.99. The molecular weight excluding hydrogens is 324 g/mol. The number of furan rings is 1. The van der Waals surface area contributed by atoms with Crippen molar-refractivity contribution in [1.82, 2.24) is 5.32 Å². The quantitative estimate of drug-likeness (QED) is 0.526. The molecule has 0 fully saturated rings. The van der Waals surface area contributed by atoms with E-state index >= 15 is 0 Å². The summed E-state index contributed by atoms with van der Waals surface area (Å²) in [5, 5.41) is 6.88. The maximum Gasteiger partial charge on any atom is 0.320 e. The molecule has 0 spiro atoms. The van der Waals surface area contributed by atoms with Crippen molar-refractivity contribution in [2.45, 2.75) is 6.04 Å². The fraction of sp³-hybridized carbons (Fsp3) is 0.0455. The molecule has 0 aliphatic carbocycles. The van der Waals surface area contributed by atoms with Gasteiger partial charge < -0.3 is 15.1 Å². The summed E-state index contributed by atoms with van der Waals surface area (Å²) in [5.41, 5.74) is 2.49. The molecule has 2 N–H and O–H groups in total. The number of para-hydroxylation sites is 2. The largest absolute Gasteiger partial charge is 0.459 e. The molecule has 26 heavy (non-hydrogen) atoms. The first-order valence-corrected chi connectivity index (χ1v) is 8.45. The van der Waals surface area contributed by atoms with E-state index in [0.717, 1.165) is 22.2 Å². The molecule has 4 nitrogen and oxygen atoms in total. The monoisotopic (exact) mass is 342 g/mol. The van der Waals surface area contributed by atoms with Crippen molar-refractivity contribution in [3.05, 3.63) is 102 Å². The maximum atomic E-state index is 12.5. The van der Waals surface area contributed by atoms with Gasteiger partial charge in [0.15, 0.2) is 0 Å². The normalized spacial score (nSPS) is 11.8. The van der Waals surface area contributed by atoms with Gasteiger partial charge in [-0.3, -0.25) is 0 Å². The summed E-state index contributed by atoms with van der Waals surface area (Å²) in [6.07, 6.45) is 0. The van der Waals surface area contributed by atoms with Crippen molar-refractivity contribution in [2.24, 2.45) is 0 Å². The number of benzene rings is 3. The van der Waals surface area contributed by atoms with E-state index in [1.54, 1.807) is 0 Å². The van der Waals surface area contributed by atoms with Crippen molar-refractivity contribution in [3.63, 3.8) is 0 Å². The van der Waals surface area contributed by atoms with E-state index in [1.165, 1.54) is 0 Å². The highest BCUT2D eigenvalue weighted by Crippen LogP contribution is 2.28. The van der Waals surface area contributed by atoms with Gasteiger partial charge in [0.1, 0.15) is 17.4 Å².